The Morgan fingerprint density at radius 3 is 3.00 bits per heavy atom. The molecule has 0 bridgehead atoms. The van der Waals surface area contributed by atoms with Crippen molar-refractivity contribution in [1.82, 2.24) is 15.3 Å². The summed E-state index contributed by atoms with van der Waals surface area (Å²) in [6.45, 7) is 7.32. The molecule has 1 aliphatic heterocycles. The first-order valence-electron chi connectivity index (χ1n) is 6.57. The topological polar surface area (TPSA) is 41.0 Å². The van der Waals surface area contributed by atoms with Crippen molar-refractivity contribution in [2.24, 2.45) is 0 Å². The van der Waals surface area contributed by atoms with Gasteiger partial charge in [-0.05, 0) is 39.3 Å². The van der Waals surface area contributed by atoms with Crippen molar-refractivity contribution in [3.63, 3.8) is 0 Å². The molecule has 94 valence electrons. The molecule has 1 unspecified atom stereocenters. The van der Waals surface area contributed by atoms with E-state index in [1.807, 2.05) is 19.2 Å². The molecule has 0 radical (unpaired) electrons. The van der Waals surface area contributed by atoms with Gasteiger partial charge in [0.05, 0.1) is 0 Å². The molecule has 0 spiro atoms. The molecule has 4 nitrogen and oxygen atoms in total. The number of anilines is 1. The maximum absolute atomic E-state index is 4.50. The summed E-state index contributed by atoms with van der Waals surface area (Å²) in [6, 6.07) is 2.61. The van der Waals surface area contributed by atoms with Crippen molar-refractivity contribution in [2.45, 2.75) is 39.2 Å². The second-order valence-electron chi connectivity index (χ2n) is 4.65. The Kier molecular flexibility index (Phi) is 4.31. The highest BCUT2D eigenvalue weighted by molar-refractivity contribution is 5.37. The van der Waals surface area contributed by atoms with Crippen molar-refractivity contribution in [2.75, 3.05) is 24.5 Å². The van der Waals surface area contributed by atoms with Crippen LogP contribution in [0.2, 0.25) is 0 Å². The number of aromatic nitrogens is 2. The Labute approximate surface area is 103 Å². The summed E-state index contributed by atoms with van der Waals surface area (Å²) < 4.78 is 0. The average Bonchev–Trinajstić information content (AvgIpc) is 2.37. The van der Waals surface area contributed by atoms with Gasteiger partial charge in [0.15, 0.2) is 0 Å². The first-order valence-corrected chi connectivity index (χ1v) is 6.57. The number of hydrogen-bond donors (Lipinski definition) is 1. The summed E-state index contributed by atoms with van der Waals surface area (Å²) in [5.41, 5.74) is 0. The van der Waals surface area contributed by atoms with Crippen LogP contribution in [0.4, 0.5) is 5.82 Å². The van der Waals surface area contributed by atoms with E-state index in [4.69, 9.17) is 0 Å². The standard InChI is InChI=1S/C13H22N4/c1-3-17(10-12-6-4-5-8-15-12)13-7-9-14-11(2)16-13/h7,9,12,15H,3-6,8,10H2,1-2H3. The fraction of sp³-hybridized carbons (Fsp3) is 0.692. The van der Waals surface area contributed by atoms with Gasteiger partial charge in [0.2, 0.25) is 0 Å². The highest BCUT2D eigenvalue weighted by Crippen LogP contribution is 2.14. The van der Waals surface area contributed by atoms with E-state index in [1.165, 1.54) is 19.3 Å². The third-order valence-electron chi connectivity index (χ3n) is 3.32. The summed E-state index contributed by atoms with van der Waals surface area (Å²) in [7, 11) is 0. The molecule has 1 aromatic rings. The monoisotopic (exact) mass is 234 g/mol. The van der Waals surface area contributed by atoms with Gasteiger partial charge < -0.3 is 10.2 Å². The first kappa shape index (κ1) is 12.3. The fourth-order valence-corrected chi connectivity index (χ4v) is 2.35. The summed E-state index contributed by atoms with van der Waals surface area (Å²) in [6.07, 6.45) is 5.78. The molecule has 1 saturated heterocycles. The van der Waals surface area contributed by atoms with E-state index >= 15 is 0 Å². The van der Waals surface area contributed by atoms with Crippen LogP contribution in [0, 0.1) is 6.92 Å². The zero-order valence-electron chi connectivity index (χ0n) is 10.8. The quantitative estimate of drug-likeness (QED) is 0.862. The Bertz CT molecular complexity index is 347. The maximum atomic E-state index is 4.50. The van der Waals surface area contributed by atoms with Gasteiger partial charge in [-0.2, -0.15) is 0 Å². The molecule has 17 heavy (non-hydrogen) atoms. The van der Waals surface area contributed by atoms with Crippen LogP contribution < -0.4 is 10.2 Å². The van der Waals surface area contributed by atoms with Crippen molar-refractivity contribution < 1.29 is 0 Å². The van der Waals surface area contributed by atoms with E-state index < -0.39 is 0 Å². The minimum absolute atomic E-state index is 0.610. The molecule has 1 aromatic heterocycles. The lowest BCUT2D eigenvalue weighted by Crippen LogP contribution is -2.44. The van der Waals surface area contributed by atoms with E-state index in [-0.39, 0.29) is 0 Å². The van der Waals surface area contributed by atoms with Gasteiger partial charge >= 0.3 is 0 Å². The molecule has 0 aliphatic carbocycles. The van der Waals surface area contributed by atoms with Crippen molar-refractivity contribution in [3.05, 3.63) is 18.1 Å². The van der Waals surface area contributed by atoms with Crippen LogP contribution in [0.1, 0.15) is 32.0 Å². The molecule has 0 saturated carbocycles. The van der Waals surface area contributed by atoms with Crippen LogP contribution >= 0.6 is 0 Å². The molecule has 0 amide bonds. The van der Waals surface area contributed by atoms with Crippen LogP contribution in [0.25, 0.3) is 0 Å². The van der Waals surface area contributed by atoms with E-state index in [9.17, 15) is 0 Å². The van der Waals surface area contributed by atoms with Crippen molar-refractivity contribution in [3.8, 4) is 0 Å². The Balaban J connectivity index is 2.00. The summed E-state index contributed by atoms with van der Waals surface area (Å²) in [5, 5.41) is 3.58. The Hall–Kier alpha value is -1.16. The van der Waals surface area contributed by atoms with Crippen LogP contribution in [0.5, 0.6) is 0 Å². The van der Waals surface area contributed by atoms with E-state index in [0.29, 0.717) is 6.04 Å². The van der Waals surface area contributed by atoms with Gasteiger partial charge in [0, 0.05) is 25.3 Å². The lowest BCUT2D eigenvalue weighted by Gasteiger charge is -2.30. The second-order valence-corrected chi connectivity index (χ2v) is 4.65. The predicted molar refractivity (Wildman–Crippen MR) is 70.3 cm³/mol. The molecule has 2 heterocycles. The maximum Gasteiger partial charge on any atom is 0.132 e. The highest BCUT2D eigenvalue weighted by atomic mass is 15.2. The van der Waals surface area contributed by atoms with Gasteiger partial charge in [0.1, 0.15) is 11.6 Å². The smallest absolute Gasteiger partial charge is 0.132 e. The second kappa shape index (κ2) is 5.96. The van der Waals surface area contributed by atoms with Crippen molar-refractivity contribution in [1.29, 1.82) is 0 Å². The lowest BCUT2D eigenvalue weighted by molar-refractivity contribution is 0.399. The molecular weight excluding hydrogens is 212 g/mol. The van der Waals surface area contributed by atoms with Gasteiger partial charge in [-0.1, -0.05) is 6.42 Å². The number of rotatable bonds is 4. The number of piperidine rings is 1. The summed E-state index contributed by atoms with van der Waals surface area (Å²) in [5.74, 6) is 1.89. The first-order chi connectivity index (χ1) is 8.29. The predicted octanol–water partition coefficient (Wildman–Crippen LogP) is 1.75. The Morgan fingerprint density at radius 2 is 2.35 bits per heavy atom. The van der Waals surface area contributed by atoms with Gasteiger partial charge in [-0.25, -0.2) is 9.97 Å². The average molecular weight is 234 g/mol. The van der Waals surface area contributed by atoms with Gasteiger partial charge in [-0.3, -0.25) is 0 Å². The lowest BCUT2D eigenvalue weighted by atomic mass is 10.0. The SMILES string of the molecule is CCN(CC1CCCCN1)c1ccnc(C)n1. The fourth-order valence-electron chi connectivity index (χ4n) is 2.35. The van der Waals surface area contributed by atoms with Gasteiger partial charge in [-0.15, -0.1) is 0 Å². The number of nitrogens with one attached hydrogen (secondary N) is 1. The molecule has 1 fully saturated rings. The van der Waals surface area contributed by atoms with Crippen molar-refractivity contribution >= 4 is 5.82 Å². The third kappa shape index (κ3) is 3.40. The number of hydrogen-bond acceptors (Lipinski definition) is 4. The Morgan fingerprint density at radius 1 is 1.47 bits per heavy atom. The minimum Gasteiger partial charge on any atom is -0.355 e. The van der Waals surface area contributed by atoms with Crippen LogP contribution in [-0.4, -0.2) is 35.6 Å². The highest BCUT2D eigenvalue weighted by Gasteiger charge is 2.16. The molecular formula is C13H22N4. The van der Waals surface area contributed by atoms with E-state index in [1.54, 1.807) is 0 Å². The van der Waals surface area contributed by atoms with E-state index in [0.717, 1.165) is 31.3 Å². The summed E-state index contributed by atoms with van der Waals surface area (Å²) >= 11 is 0. The van der Waals surface area contributed by atoms with Crippen LogP contribution in [0.15, 0.2) is 12.3 Å². The zero-order valence-corrected chi connectivity index (χ0v) is 10.8. The van der Waals surface area contributed by atoms with Crippen LogP contribution in [0.3, 0.4) is 0 Å². The zero-order chi connectivity index (χ0) is 12.1. The van der Waals surface area contributed by atoms with Gasteiger partial charge in [0.25, 0.3) is 0 Å². The molecule has 2 rings (SSSR count). The molecule has 1 N–H and O–H groups in total. The number of likely N-dealkylation sites (N-methyl/N-ethyl adjacent to an activating group) is 1. The third-order valence-corrected chi connectivity index (χ3v) is 3.32. The largest absolute Gasteiger partial charge is 0.355 e. The normalized spacial score (nSPS) is 20.2. The molecule has 1 atom stereocenters. The summed E-state index contributed by atoms with van der Waals surface area (Å²) in [4.78, 5) is 11.0. The van der Waals surface area contributed by atoms with Crippen LogP contribution in [-0.2, 0) is 0 Å². The number of aryl methyl sites for hydroxylation is 1. The molecule has 1 aliphatic rings. The molecule has 0 aromatic carbocycles. The number of nitrogens with zero attached hydrogens (tertiary/aromatic N) is 3. The molecule has 4 heteroatoms. The minimum atomic E-state index is 0.610. The van der Waals surface area contributed by atoms with E-state index in [2.05, 4.69) is 27.1 Å².